The molecule has 0 amide bonds. The molecule has 6 heteroatoms. The summed E-state index contributed by atoms with van der Waals surface area (Å²) in [6.45, 7) is 2.04. The van der Waals surface area contributed by atoms with Crippen LogP contribution in [0.2, 0.25) is 0 Å². The lowest BCUT2D eigenvalue weighted by Gasteiger charge is -2.09. The molecule has 1 aromatic carbocycles. The van der Waals surface area contributed by atoms with Crippen LogP contribution in [0.3, 0.4) is 0 Å². The highest BCUT2D eigenvalue weighted by atomic mass is 16.5. The molecular weight excluding hydrogens is 258 g/mol. The molecule has 2 aromatic rings. The van der Waals surface area contributed by atoms with Gasteiger partial charge in [0.2, 0.25) is 0 Å². The number of nitrogens with zero attached hydrogens (tertiary/aromatic N) is 2. The minimum Gasteiger partial charge on any atom is -0.496 e. The van der Waals surface area contributed by atoms with E-state index in [4.69, 9.17) is 15.2 Å². The first-order chi connectivity index (χ1) is 9.51. The zero-order valence-electron chi connectivity index (χ0n) is 11.7. The van der Waals surface area contributed by atoms with Crippen LogP contribution in [0.25, 0.3) is 0 Å². The average molecular weight is 275 g/mol. The zero-order valence-corrected chi connectivity index (χ0v) is 11.7. The molecule has 0 aliphatic heterocycles. The summed E-state index contributed by atoms with van der Waals surface area (Å²) in [6.07, 6.45) is 0. The lowest BCUT2D eigenvalue weighted by atomic mass is 10.2. The Kier molecular flexibility index (Phi) is 3.93. The highest BCUT2D eigenvalue weighted by Crippen LogP contribution is 2.22. The molecule has 0 spiro atoms. The van der Waals surface area contributed by atoms with Crippen LogP contribution in [0, 0.1) is 6.92 Å². The summed E-state index contributed by atoms with van der Waals surface area (Å²) in [4.78, 5) is 12.1. The first-order valence-corrected chi connectivity index (χ1v) is 6.11. The Bertz CT molecular complexity index is 635. The summed E-state index contributed by atoms with van der Waals surface area (Å²) >= 11 is 0. The van der Waals surface area contributed by atoms with Gasteiger partial charge in [-0.1, -0.05) is 0 Å². The van der Waals surface area contributed by atoms with E-state index in [2.05, 4.69) is 5.10 Å². The number of methoxy groups -OCH3 is 1. The number of esters is 1. The Hall–Kier alpha value is -2.50. The van der Waals surface area contributed by atoms with Gasteiger partial charge in [0.05, 0.1) is 18.5 Å². The van der Waals surface area contributed by atoms with Crippen molar-refractivity contribution >= 4 is 11.7 Å². The van der Waals surface area contributed by atoms with E-state index in [0.29, 0.717) is 17.0 Å². The Morgan fingerprint density at radius 1 is 1.40 bits per heavy atom. The molecular formula is C14H17N3O3. The second-order valence-corrected chi connectivity index (χ2v) is 4.44. The average Bonchev–Trinajstić information content (AvgIpc) is 2.74. The number of aryl methyl sites for hydroxylation is 2. The van der Waals surface area contributed by atoms with Crippen LogP contribution in [0.15, 0.2) is 24.3 Å². The number of hydrogen-bond acceptors (Lipinski definition) is 5. The van der Waals surface area contributed by atoms with Gasteiger partial charge in [-0.25, -0.2) is 4.79 Å². The molecule has 1 heterocycles. The van der Waals surface area contributed by atoms with Crippen molar-refractivity contribution in [2.24, 2.45) is 7.05 Å². The molecule has 0 atom stereocenters. The third kappa shape index (κ3) is 2.90. The molecule has 0 aliphatic rings. The van der Waals surface area contributed by atoms with Crippen molar-refractivity contribution in [2.75, 3.05) is 12.8 Å². The van der Waals surface area contributed by atoms with Gasteiger partial charge in [0.15, 0.2) is 0 Å². The summed E-state index contributed by atoms with van der Waals surface area (Å²) in [6, 6.07) is 6.68. The van der Waals surface area contributed by atoms with Gasteiger partial charge in [-0.3, -0.25) is 4.68 Å². The summed E-state index contributed by atoms with van der Waals surface area (Å²) in [5, 5.41) is 4.19. The Balaban J connectivity index is 2.11. The fourth-order valence-electron chi connectivity index (χ4n) is 1.89. The molecule has 0 unspecified atom stereocenters. The number of ether oxygens (including phenoxy) is 2. The van der Waals surface area contributed by atoms with Crippen molar-refractivity contribution in [3.8, 4) is 5.75 Å². The third-order valence-electron chi connectivity index (χ3n) is 2.90. The van der Waals surface area contributed by atoms with E-state index < -0.39 is 5.97 Å². The fourth-order valence-corrected chi connectivity index (χ4v) is 1.89. The Morgan fingerprint density at radius 2 is 2.15 bits per heavy atom. The monoisotopic (exact) mass is 275 g/mol. The third-order valence-corrected chi connectivity index (χ3v) is 2.90. The number of hydrogen-bond donors (Lipinski definition) is 1. The maximum absolute atomic E-state index is 12.1. The van der Waals surface area contributed by atoms with Crippen molar-refractivity contribution in [3.63, 3.8) is 0 Å². The van der Waals surface area contributed by atoms with E-state index in [1.165, 1.54) is 7.11 Å². The Labute approximate surface area is 117 Å². The van der Waals surface area contributed by atoms with Gasteiger partial charge in [0.25, 0.3) is 0 Å². The van der Waals surface area contributed by atoms with Gasteiger partial charge in [-0.2, -0.15) is 5.10 Å². The van der Waals surface area contributed by atoms with Crippen LogP contribution >= 0.6 is 0 Å². The number of nitrogens with two attached hydrogens (primary N) is 1. The SMILES string of the molecule is COc1cc(N)ccc1C(=O)OCc1cc(C)nn1C. The maximum Gasteiger partial charge on any atom is 0.342 e. The molecule has 0 bridgehead atoms. The van der Waals surface area contributed by atoms with Crippen LogP contribution in [-0.2, 0) is 18.4 Å². The molecule has 20 heavy (non-hydrogen) atoms. The first kappa shape index (κ1) is 13.9. The molecule has 0 aliphatic carbocycles. The van der Waals surface area contributed by atoms with E-state index in [1.807, 2.05) is 13.0 Å². The van der Waals surface area contributed by atoms with Gasteiger partial charge in [0.1, 0.15) is 17.9 Å². The van der Waals surface area contributed by atoms with E-state index in [-0.39, 0.29) is 6.61 Å². The summed E-state index contributed by atoms with van der Waals surface area (Å²) in [5.41, 5.74) is 8.23. The number of rotatable bonds is 4. The standard InChI is InChI=1S/C14H17N3O3/c1-9-6-11(17(2)16-9)8-20-14(18)12-5-4-10(15)7-13(12)19-3/h4-7H,8,15H2,1-3H3. The quantitative estimate of drug-likeness (QED) is 0.678. The van der Waals surface area contributed by atoms with Crippen LogP contribution < -0.4 is 10.5 Å². The second kappa shape index (κ2) is 5.64. The van der Waals surface area contributed by atoms with Crippen LogP contribution in [0.5, 0.6) is 5.75 Å². The maximum atomic E-state index is 12.1. The van der Waals surface area contributed by atoms with Crippen LogP contribution in [0.4, 0.5) is 5.69 Å². The largest absolute Gasteiger partial charge is 0.496 e. The molecule has 2 rings (SSSR count). The Morgan fingerprint density at radius 3 is 2.75 bits per heavy atom. The van der Waals surface area contributed by atoms with Gasteiger partial charge in [0, 0.05) is 18.8 Å². The van der Waals surface area contributed by atoms with Crippen molar-refractivity contribution in [2.45, 2.75) is 13.5 Å². The van der Waals surface area contributed by atoms with Crippen molar-refractivity contribution in [3.05, 3.63) is 41.2 Å². The lowest BCUT2D eigenvalue weighted by Crippen LogP contribution is -2.09. The topological polar surface area (TPSA) is 79.4 Å². The highest BCUT2D eigenvalue weighted by Gasteiger charge is 2.15. The number of anilines is 1. The van der Waals surface area contributed by atoms with Crippen molar-refractivity contribution in [1.82, 2.24) is 9.78 Å². The van der Waals surface area contributed by atoms with Gasteiger partial charge in [-0.05, 0) is 25.1 Å². The molecule has 6 nitrogen and oxygen atoms in total. The number of benzene rings is 1. The van der Waals surface area contributed by atoms with E-state index in [1.54, 1.807) is 29.9 Å². The van der Waals surface area contributed by atoms with Crippen molar-refractivity contribution in [1.29, 1.82) is 0 Å². The first-order valence-electron chi connectivity index (χ1n) is 6.11. The van der Waals surface area contributed by atoms with E-state index >= 15 is 0 Å². The smallest absolute Gasteiger partial charge is 0.342 e. The van der Waals surface area contributed by atoms with E-state index in [9.17, 15) is 4.79 Å². The van der Waals surface area contributed by atoms with Gasteiger partial charge < -0.3 is 15.2 Å². The summed E-state index contributed by atoms with van der Waals surface area (Å²) in [5.74, 6) is -0.0584. The fraction of sp³-hybridized carbons (Fsp3) is 0.286. The van der Waals surface area contributed by atoms with Gasteiger partial charge >= 0.3 is 5.97 Å². The molecule has 2 N–H and O–H groups in total. The number of nitrogen functional groups attached to an aromatic ring is 1. The lowest BCUT2D eigenvalue weighted by molar-refractivity contribution is 0.0460. The predicted molar refractivity (Wildman–Crippen MR) is 74.5 cm³/mol. The highest BCUT2D eigenvalue weighted by molar-refractivity contribution is 5.93. The number of carbonyl (C=O) groups is 1. The van der Waals surface area contributed by atoms with Gasteiger partial charge in [-0.15, -0.1) is 0 Å². The predicted octanol–water partition coefficient (Wildman–Crippen LogP) is 1.68. The number of aromatic nitrogens is 2. The molecule has 1 aromatic heterocycles. The number of carbonyl (C=O) groups excluding carboxylic acids is 1. The summed E-state index contributed by atoms with van der Waals surface area (Å²) in [7, 11) is 3.29. The molecule has 0 saturated heterocycles. The summed E-state index contributed by atoms with van der Waals surface area (Å²) < 4.78 is 12.1. The van der Waals surface area contributed by atoms with Crippen LogP contribution in [-0.4, -0.2) is 22.9 Å². The van der Waals surface area contributed by atoms with Crippen LogP contribution in [0.1, 0.15) is 21.7 Å². The normalized spacial score (nSPS) is 10.3. The second-order valence-electron chi connectivity index (χ2n) is 4.44. The van der Waals surface area contributed by atoms with Crippen molar-refractivity contribution < 1.29 is 14.3 Å². The molecule has 0 saturated carbocycles. The molecule has 0 fully saturated rings. The minimum atomic E-state index is -0.458. The molecule has 0 radical (unpaired) electrons. The molecule has 106 valence electrons. The van der Waals surface area contributed by atoms with E-state index in [0.717, 1.165) is 11.4 Å². The minimum absolute atomic E-state index is 0.156. The zero-order chi connectivity index (χ0) is 14.7.